The van der Waals surface area contributed by atoms with Gasteiger partial charge in [0.15, 0.2) is 0 Å². The molecule has 0 aliphatic rings. The monoisotopic (exact) mass is 313 g/mol. The van der Waals surface area contributed by atoms with E-state index in [1.54, 1.807) is 4.40 Å². The van der Waals surface area contributed by atoms with Crippen LogP contribution in [-0.2, 0) is 6.54 Å². The molecule has 3 rings (SSSR count). The molecule has 3 aromatic heterocycles. The molecule has 8 heteroatoms. The first-order chi connectivity index (χ1) is 11.0. The van der Waals surface area contributed by atoms with Crippen molar-refractivity contribution in [3.05, 3.63) is 41.2 Å². The highest BCUT2D eigenvalue weighted by molar-refractivity contribution is 5.91. The van der Waals surface area contributed by atoms with Crippen LogP contribution in [0.25, 0.3) is 5.78 Å². The standard InChI is InChI=1S/C15H19N7O/c1-10-8-17-21(9-10)6-4-5-16-14(23)13-19-20-15-18-11(2)7-12(3)22(13)15/h7-9H,4-6H2,1-3H3,(H,16,23). The number of hydrogen-bond acceptors (Lipinski definition) is 5. The van der Waals surface area contributed by atoms with E-state index in [9.17, 15) is 4.79 Å². The first-order valence-corrected chi connectivity index (χ1v) is 7.51. The number of rotatable bonds is 5. The van der Waals surface area contributed by atoms with Crippen molar-refractivity contribution in [1.82, 2.24) is 34.7 Å². The van der Waals surface area contributed by atoms with Crippen LogP contribution >= 0.6 is 0 Å². The van der Waals surface area contributed by atoms with E-state index in [4.69, 9.17) is 0 Å². The van der Waals surface area contributed by atoms with Crippen LogP contribution < -0.4 is 5.32 Å². The first kappa shape index (κ1) is 15.1. The molecule has 1 N–H and O–H groups in total. The van der Waals surface area contributed by atoms with Crippen molar-refractivity contribution in [2.45, 2.75) is 33.7 Å². The predicted molar refractivity (Wildman–Crippen MR) is 84.2 cm³/mol. The maximum absolute atomic E-state index is 12.3. The number of aromatic nitrogens is 6. The number of carbonyl (C=O) groups is 1. The highest BCUT2D eigenvalue weighted by Gasteiger charge is 2.16. The second kappa shape index (κ2) is 6.15. The summed E-state index contributed by atoms with van der Waals surface area (Å²) in [6.45, 7) is 7.10. The highest BCUT2D eigenvalue weighted by Crippen LogP contribution is 2.07. The fourth-order valence-corrected chi connectivity index (χ4v) is 2.49. The first-order valence-electron chi connectivity index (χ1n) is 7.51. The van der Waals surface area contributed by atoms with Crippen molar-refractivity contribution < 1.29 is 4.79 Å². The maximum atomic E-state index is 12.3. The smallest absolute Gasteiger partial charge is 0.289 e. The predicted octanol–water partition coefficient (Wildman–Crippen LogP) is 1.07. The zero-order valence-electron chi connectivity index (χ0n) is 13.4. The molecule has 0 saturated heterocycles. The Hall–Kier alpha value is -2.77. The molecule has 1 amide bonds. The van der Waals surface area contributed by atoms with Crippen LogP contribution in [0.1, 0.15) is 34.0 Å². The molecule has 0 unspecified atom stereocenters. The molecule has 0 aliphatic carbocycles. The van der Waals surface area contributed by atoms with Gasteiger partial charge < -0.3 is 5.32 Å². The van der Waals surface area contributed by atoms with Gasteiger partial charge in [0.2, 0.25) is 5.82 Å². The van der Waals surface area contributed by atoms with Crippen molar-refractivity contribution in [1.29, 1.82) is 0 Å². The van der Waals surface area contributed by atoms with Gasteiger partial charge >= 0.3 is 0 Å². The summed E-state index contributed by atoms with van der Waals surface area (Å²) in [5.41, 5.74) is 2.86. The third kappa shape index (κ3) is 3.20. The van der Waals surface area contributed by atoms with Gasteiger partial charge in [-0.15, -0.1) is 10.2 Å². The molecule has 0 atom stereocenters. The molecule has 8 nitrogen and oxygen atoms in total. The van der Waals surface area contributed by atoms with E-state index in [0.29, 0.717) is 12.3 Å². The molecule has 0 aromatic carbocycles. The summed E-state index contributed by atoms with van der Waals surface area (Å²) in [6, 6.07) is 1.90. The van der Waals surface area contributed by atoms with Gasteiger partial charge in [0.1, 0.15) is 0 Å². The number of nitrogens with zero attached hydrogens (tertiary/aromatic N) is 6. The van der Waals surface area contributed by atoms with E-state index in [-0.39, 0.29) is 11.7 Å². The Labute approximate surface area is 133 Å². The summed E-state index contributed by atoms with van der Waals surface area (Å²) < 4.78 is 3.53. The van der Waals surface area contributed by atoms with Gasteiger partial charge in [-0.05, 0) is 38.8 Å². The fourth-order valence-electron chi connectivity index (χ4n) is 2.49. The Morgan fingerprint density at radius 1 is 1.26 bits per heavy atom. The summed E-state index contributed by atoms with van der Waals surface area (Å²) in [4.78, 5) is 16.6. The SMILES string of the molecule is Cc1cnn(CCCNC(=O)c2nnc3nc(C)cc(C)n23)c1. The van der Waals surface area contributed by atoms with E-state index < -0.39 is 0 Å². The Morgan fingerprint density at radius 3 is 2.83 bits per heavy atom. The Balaban J connectivity index is 1.62. The summed E-state index contributed by atoms with van der Waals surface area (Å²) in [7, 11) is 0. The van der Waals surface area contributed by atoms with Gasteiger partial charge in [0.25, 0.3) is 11.7 Å². The van der Waals surface area contributed by atoms with Crippen LogP contribution in [-0.4, -0.2) is 41.8 Å². The third-order valence-corrected chi connectivity index (χ3v) is 3.51. The van der Waals surface area contributed by atoms with E-state index >= 15 is 0 Å². The van der Waals surface area contributed by atoms with Crippen molar-refractivity contribution in [2.75, 3.05) is 6.54 Å². The summed E-state index contributed by atoms with van der Waals surface area (Å²) in [5, 5.41) is 15.0. The second-order valence-electron chi connectivity index (χ2n) is 5.59. The van der Waals surface area contributed by atoms with Gasteiger partial charge in [-0.1, -0.05) is 0 Å². The van der Waals surface area contributed by atoms with Crippen LogP contribution in [0.4, 0.5) is 0 Å². The van der Waals surface area contributed by atoms with Gasteiger partial charge in [-0.25, -0.2) is 4.98 Å². The lowest BCUT2D eigenvalue weighted by atomic mass is 10.3. The normalized spacial score (nSPS) is 11.1. The van der Waals surface area contributed by atoms with E-state index in [0.717, 1.165) is 29.9 Å². The maximum Gasteiger partial charge on any atom is 0.289 e. The number of amides is 1. The minimum atomic E-state index is -0.247. The van der Waals surface area contributed by atoms with E-state index in [2.05, 4.69) is 25.6 Å². The average Bonchev–Trinajstić information content (AvgIpc) is 3.09. The molecule has 0 aliphatic heterocycles. The van der Waals surface area contributed by atoms with Crippen molar-refractivity contribution in [3.63, 3.8) is 0 Å². The number of hydrogen-bond donors (Lipinski definition) is 1. The average molecular weight is 313 g/mol. The molecular weight excluding hydrogens is 294 g/mol. The van der Waals surface area contributed by atoms with Crippen LogP contribution in [0.15, 0.2) is 18.5 Å². The summed E-state index contributed by atoms with van der Waals surface area (Å²) >= 11 is 0. The lowest BCUT2D eigenvalue weighted by Gasteiger charge is -2.06. The number of carbonyl (C=O) groups excluding carboxylic acids is 1. The van der Waals surface area contributed by atoms with Crippen LogP contribution in [0.2, 0.25) is 0 Å². The topological polar surface area (TPSA) is 90.0 Å². The molecule has 3 aromatic rings. The zero-order chi connectivity index (χ0) is 16.4. The Bertz CT molecular complexity index is 849. The van der Waals surface area contributed by atoms with E-state index in [1.165, 1.54) is 0 Å². The quantitative estimate of drug-likeness (QED) is 0.712. The molecule has 0 radical (unpaired) electrons. The second-order valence-corrected chi connectivity index (χ2v) is 5.59. The number of nitrogens with one attached hydrogen (secondary N) is 1. The fraction of sp³-hybridized carbons (Fsp3) is 0.400. The van der Waals surface area contributed by atoms with Crippen LogP contribution in [0.3, 0.4) is 0 Å². The molecule has 23 heavy (non-hydrogen) atoms. The van der Waals surface area contributed by atoms with Crippen molar-refractivity contribution in [3.8, 4) is 0 Å². The van der Waals surface area contributed by atoms with Gasteiger partial charge in [-0.2, -0.15) is 5.10 Å². The summed E-state index contributed by atoms with van der Waals surface area (Å²) in [5.74, 6) is 0.461. The highest BCUT2D eigenvalue weighted by atomic mass is 16.2. The third-order valence-electron chi connectivity index (χ3n) is 3.51. The minimum Gasteiger partial charge on any atom is -0.349 e. The summed E-state index contributed by atoms with van der Waals surface area (Å²) in [6.07, 6.45) is 4.59. The van der Waals surface area contributed by atoms with E-state index in [1.807, 2.05) is 43.9 Å². The number of fused-ring (bicyclic) bond motifs is 1. The number of aryl methyl sites for hydroxylation is 4. The van der Waals surface area contributed by atoms with Crippen LogP contribution in [0, 0.1) is 20.8 Å². The molecule has 3 heterocycles. The van der Waals surface area contributed by atoms with Crippen LogP contribution in [0.5, 0.6) is 0 Å². The molecule has 0 fully saturated rings. The van der Waals surface area contributed by atoms with Crippen molar-refractivity contribution in [2.24, 2.45) is 0 Å². The molecule has 120 valence electrons. The minimum absolute atomic E-state index is 0.247. The largest absolute Gasteiger partial charge is 0.349 e. The Morgan fingerprint density at radius 2 is 2.09 bits per heavy atom. The van der Waals surface area contributed by atoms with Gasteiger partial charge in [-0.3, -0.25) is 13.9 Å². The van der Waals surface area contributed by atoms with Gasteiger partial charge in [0.05, 0.1) is 6.20 Å². The lowest BCUT2D eigenvalue weighted by Crippen LogP contribution is -2.27. The molecular formula is C15H19N7O. The zero-order valence-corrected chi connectivity index (χ0v) is 13.4. The van der Waals surface area contributed by atoms with Crippen molar-refractivity contribution >= 4 is 11.7 Å². The molecule has 0 spiro atoms. The van der Waals surface area contributed by atoms with Gasteiger partial charge in [0, 0.05) is 30.7 Å². The molecule has 0 saturated carbocycles. The molecule has 0 bridgehead atoms. The Kier molecular flexibility index (Phi) is 4.05. The lowest BCUT2D eigenvalue weighted by molar-refractivity contribution is 0.0940.